The minimum Gasteiger partial charge on any atom is -0.357 e. The highest BCUT2D eigenvalue weighted by Crippen LogP contribution is 2.15. The number of nitrogens with zero attached hydrogens (tertiary/aromatic N) is 4. The maximum Gasteiger partial charge on any atom is 0.214 e. The average molecular weight is 531 g/mol. The van der Waals surface area contributed by atoms with Crippen molar-refractivity contribution in [2.24, 2.45) is 4.99 Å². The summed E-state index contributed by atoms with van der Waals surface area (Å²) in [5.41, 5.74) is 0. The summed E-state index contributed by atoms with van der Waals surface area (Å²) in [6.45, 7) is 9.96. The number of piperidine rings is 1. The summed E-state index contributed by atoms with van der Waals surface area (Å²) in [7, 11) is 1.24. The van der Waals surface area contributed by atoms with Crippen LogP contribution in [0.15, 0.2) is 4.99 Å². The predicted molar refractivity (Wildman–Crippen MR) is 127 cm³/mol. The van der Waals surface area contributed by atoms with Crippen LogP contribution in [0.4, 0.5) is 0 Å². The molecule has 10 heteroatoms. The SMILES string of the molecule is CCCS(=O)(=O)N1CCC(NC(=NCC2CN(C)CCN2C)NCC)CC1.I. The fourth-order valence-corrected chi connectivity index (χ4v) is 5.22. The average Bonchev–Trinajstić information content (AvgIpc) is 2.63. The number of piperazine rings is 1. The first-order valence-electron chi connectivity index (χ1n) is 10.3. The number of guanidine groups is 1. The second-order valence-electron chi connectivity index (χ2n) is 7.75. The van der Waals surface area contributed by atoms with Gasteiger partial charge >= 0.3 is 0 Å². The van der Waals surface area contributed by atoms with E-state index in [1.54, 1.807) is 4.31 Å². The van der Waals surface area contributed by atoms with E-state index in [1.807, 2.05) is 6.92 Å². The Morgan fingerprint density at radius 1 is 1.11 bits per heavy atom. The van der Waals surface area contributed by atoms with Crippen molar-refractivity contribution < 1.29 is 8.42 Å². The maximum atomic E-state index is 12.2. The lowest BCUT2D eigenvalue weighted by Gasteiger charge is -2.37. The minimum atomic E-state index is -3.08. The Hall–Kier alpha value is -0.170. The lowest BCUT2D eigenvalue weighted by molar-refractivity contribution is 0.119. The lowest BCUT2D eigenvalue weighted by Crippen LogP contribution is -2.52. The van der Waals surface area contributed by atoms with Crippen LogP contribution in [-0.4, -0.2) is 106 Å². The third kappa shape index (κ3) is 7.92. The molecule has 0 radical (unpaired) electrons. The van der Waals surface area contributed by atoms with Gasteiger partial charge in [-0.05, 0) is 40.3 Å². The number of aliphatic imine (C=N–C) groups is 1. The Morgan fingerprint density at radius 3 is 2.39 bits per heavy atom. The van der Waals surface area contributed by atoms with Crippen molar-refractivity contribution in [2.75, 3.05) is 65.7 Å². The minimum absolute atomic E-state index is 0. The summed E-state index contributed by atoms with van der Waals surface area (Å²) in [5.74, 6) is 1.09. The van der Waals surface area contributed by atoms with Crippen LogP contribution < -0.4 is 10.6 Å². The summed E-state index contributed by atoms with van der Waals surface area (Å²) in [6.07, 6.45) is 2.31. The normalized spacial score (nSPS) is 24.0. The van der Waals surface area contributed by atoms with Gasteiger partial charge in [0.05, 0.1) is 12.3 Å². The second kappa shape index (κ2) is 12.5. The molecule has 2 aliphatic heterocycles. The lowest BCUT2D eigenvalue weighted by atomic mass is 10.1. The van der Waals surface area contributed by atoms with Crippen molar-refractivity contribution in [3.8, 4) is 0 Å². The van der Waals surface area contributed by atoms with Crippen molar-refractivity contribution in [3.05, 3.63) is 0 Å². The number of likely N-dealkylation sites (N-methyl/N-ethyl adjacent to an activating group) is 2. The molecule has 8 nitrogen and oxygen atoms in total. The highest BCUT2D eigenvalue weighted by molar-refractivity contribution is 14.0. The first-order valence-corrected chi connectivity index (χ1v) is 11.9. The number of hydrogen-bond donors (Lipinski definition) is 2. The van der Waals surface area contributed by atoms with Crippen LogP contribution in [0.25, 0.3) is 0 Å². The third-order valence-corrected chi connectivity index (χ3v) is 7.51. The molecule has 0 aromatic heterocycles. The van der Waals surface area contributed by atoms with Gasteiger partial charge in [-0.15, -0.1) is 24.0 Å². The molecule has 2 heterocycles. The maximum absolute atomic E-state index is 12.2. The van der Waals surface area contributed by atoms with Crippen LogP contribution in [0.2, 0.25) is 0 Å². The summed E-state index contributed by atoms with van der Waals surface area (Å²) in [6, 6.07) is 0.697. The smallest absolute Gasteiger partial charge is 0.214 e. The quantitative estimate of drug-likeness (QED) is 0.285. The van der Waals surface area contributed by atoms with E-state index in [1.165, 1.54) is 0 Å². The molecule has 1 atom stereocenters. The topological polar surface area (TPSA) is 80.3 Å². The van der Waals surface area contributed by atoms with E-state index in [4.69, 9.17) is 4.99 Å². The van der Waals surface area contributed by atoms with E-state index >= 15 is 0 Å². The van der Waals surface area contributed by atoms with Gasteiger partial charge in [0.25, 0.3) is 0 Å². The van der Waals surface area contributed by atoms with Gasteiger partial charge in [0.1, 0.15) is 0 Å². The van der Waals surface area contributed by atoms with Gasteiger partial charge in [-0.1, -0.05) is 6.92 Å². The van der Waals surface area contributed by atoms with Crippen LogP contribution in [-0.2, 0) is 10.0 Å². The highest BCUT2D eigenvalue weighted by Gasteiger charge is 2.28. The molecule has 2 N–H and O–H groups in total. The highest BCUT2D eigenvalue weighted by atomic mass is 127. The fourth-order valence-electron chi connectivity index (χ4n) is 3.67. The van der Waals surface area contributed by atoms with E-state index < -0.39 is 10.0 Å². The number of sulfonamides is 1. The number of hydrogen-bond acceptors (Lipinski definition) is 5. The zero-order chi connectivity index (χ0) is 19.9. The zero-order valence-corrected chi connectivity index (χ0v) is 21.0. The van der Waals surface area contributed by atoms with Crippen molar-refractivity contribution in [2.45, 2.75) is 45.2 Å². The van der Waals surface area contributed by atoms with Gasteiger partial charge in [0.15, 0.2) is 5.96 Å². The van der Waals surface area contributed by atoms with Crippen molar-refractivity contribution >= 4 is 40.0 Å². The molecule has 2 fully saturated rings. The van der Waals surface area contributed by atoms with Gasteiger partial charge in [0.2, 0.25) is 10.0 Å². The Bertz CT molecular complexity index is 581. The van der Waals surface area contributed by atoms with Crippen molar-refractivity contribution in [3.63, 3.8) is 0 Å². The molecule has 0 aromatic carbocycles. The van der Waals surface area contributed by atoms with Crippen LogP contribution in [0.3, 0.4) is 0 Å². The largest absolute Gasteiger partial charge is 0.357 e. The number of rotatable bonds is 7. The molecule has 0 aliphatic carbocycles. The van der Waals surface area contributed by atoms with Gasteiger partial charge in [-0.3, -0.25) is 9.89 Å². The van der Waals surface area contributed by atoms with E-state index in [-0.39, 0.29) is 35.8 Å². The van der Waals surface area contributed by atoms with E-state index in [0.717, 1.165) is 51.5 Å². The summed E-state index contributed by atoms with van der Waals surface area (Å²) in [5, 5.41) is 6.84. The molecular formula is C18H39IN6O2S. The molecule has 28 heavy (non-hydrogen) atoms. The van der Waals surface area contributed by atoms with E-state index in [9.17, 15) is 8.42 Å². The first-order chi connectivity index (χ1) is 12.9. The molecule has 0 aromatic rings. The molecule has 2 saturated heterocycles. The molecule has 166 valence electrons. The van der Waals surface area contributed by atoms with Crippen molar-refractivity contribution in [1.29, 1.82) is 0 Å². The first kappa shape index (κ1) is 25.9. The van der Waals surface area contributed by atoms with E-state index in [0.29, 0.717) is 25.6 Å². The molecular weight excluding hydrogens is 491 g/mol. The molecule has 2 rings (SSSR count). The predicted octanol–water partition coefficient (Wildman–Crippen LogP) is 0.610. The van der Waals surface area contributed by atoms with E-state index in [2.05, 4.69) is 41.5 Å². The Balaban J connectivity index is 0.00000392. The van der Waals surface area contributed by atoms with Gasteiger partial charge in [-0.25, -0.2) is 12.7 Å². The van der Waals surface area contributed by atoms with Crippen LogP contribution >= 0.6 is 24.0 Å². The number of nitrogens with one attached hydrogen (secondary N) is 2. The zero-order valence-electron chi connectivity index (χ0n) is 17.9. The molecule has 1 unspecified atom stereocenters. The Morgan fingerprint density at radius 2 is 1.79 bits per heavy atom. The Labute approximate surface area is 188 Å². The molecule has 0 amide bonds. The van der Waals surface area contributed by atoms with Crippen LogP contribution in [0.5, 0.6) is 0 Å². The summed E-state index contributed by atoms with van der Waals surface area (Å²) in [4.78, 5) is 9.54. The number of halogens is 1. The van der Waals surface area contributed by atoms with Crippen LogP contribution in [0, 0.1) is 0 Å². The van der Waals surface area contributed by atoms with Crippen molar-refractivity contribution in [1.82, 2.24) is 24.7 Å². The van der Waals surface area contributed by atoms with Gasteiger partial charge in [0, 0.05) is 51.4 Å². The standard InChI is InChI=1S/C18H38N6O2S.HI/c1-5-13-27(25,26)24-9-7-16(8-10-24)21-18(19-6-2)20-14-17-15-22(3)11-12-23(17)4;/h16-17H,5-15H2,1-4H3,(H2,19,20,21);1H. The van der Waals surface area contributed by atoms with Gasteiger partial charge in [-0.2, -0.15) is 0 Å². The summed E-state index contributed by atoms with van der Waals surface area (Å²) >= 11 is 0. The molecule has 0 bridgehead atoms. The second-order valence-corrected chi connectivity index (χ2v) is 9.84. The molecule has 0 spiro atoms. The van der Waals surface area contributed by atoms with Gasteiger partial charge < -0.3 is 15.5 Å². The molecule has 2 aliphatic rings. The van der Waals surface area contributed by atoms with Crippen LogP contribution in [0.1, 0.15) is 33.1 Å². The molecule has 0 saturated carbocycles. The third-order valence-electron chi connectivity index (χ3n) is 5.43. The monoisotopic (exact) mass is 530 g/mol. The summed E-state index contributed by atoms with van der Waals surface area (Å²) < 4.78 is 26.1. The Kier molecular flexibility index (Phi) is 11.6. The fraction of sp³-hybridized carbons (Fsp3) is 0.944.